The van der Waals surface area contributed by atoms with Gasteiger partial charge in [-0.15, -0.1) is 0 Å². The van der Waals surface area contributed by atoms with Gasteiger partial charge in [-0.2, -0.15) is 0 Å². The molecular formula is C16H24N2O. The molecule has 0 heterocycles. The van der Waals surface area contributed by atoms with Crippen molar-refractivity contribution in [1.29, 1.82) is 0 Å². The van der Waals surface area contributed by atoms with E-state index < -0.39 is 0 Å². The van der Waals surface area contributed by atoms with Crippen LogP contribution in [-0.2, 0) is 11.3 Å². The zero-order valence-corrected chi connectivity index (χ0v) is 12.0. The van der Waals surface area contributed by atoms with Crippen molar-refractivity contribution in [2.24, 2.45) is 5.41 Å². The van der Waals surface area contributed by atoms with Crippen LogP contribution < -0.4 is 10.6 Å². The monoisotopic (exact) mass is 260 g/mol. The second-order valence-corrected chi connectivity index (χ2v) is 5.52. The van der Waals surface area contributed by atoms with E-state index in [0.717, 1.165) is 31.5 Å². The number of hydrogen-bond acceptors (Lipinski definition) is 2. The molecule has 0 spiro atoms. The van der Waals surface area contributed by atoms with Crippen molar-refractivity contribution in [3.63, 3.8) is 0 Å². The minimum absolute atomic E-state index is 0.121. The maximum atomic E-state index is 12.5. The highest BCUT2D eigenvalue weighted by Gasteiger charge is 2.39. The molecule has 0 radical (unpaired) electrons. The molecule has 0 saturated heterocycles. The quantitative estimate of drug-likeness (QED) is 0.852. The summed E-state index contributed by atoms with van der Waals surface area (Å²) in [5.74, 6) is 0.203. The third kappa shape index (κ3) is 3.16. The van der Waals surface area contributed by atoms with Crippen LogP contribution in [0.2, 0.25) is 0 Å². The number of rotatable bonds is 5. The van der Waals surface area contributed by atoms with Crippen molar-refractivity contribution >= 4 is 11.6 Å². The van der Waals surface area contributed by atoms with E-state index >= 15 is 0 Å². The van der Waals surface area contributed by atoms with Crippen LogP contribution in [0.4, 0.5) is 5.69 Å². The van der Waals surface area contributed by atoms with Crippen LogP contribution in [0, 0.1) is 5.41 Å². The summed E-state index contributed by atoms with van der Waals surface area (Å²) in [6, 6.07) is 8.09. The fourth-order valence-corrected chi connectivity index (χ4v) is 2.97. The Morgan fingerprint density at radius 2 is 1.84 bits per heavy atom. The van der Waals surface area contributed by atoms with E-state index in [9.17, 15) is 4.79 Å². The second kappa shape index (κ2) is 6.20. The molecule has 1 aromatic carbocycles. The first-order valence-electron chi connectivity index (χ1n) is 7.25. The van der Waals surface area contributed by atoms with E-state index in [1.165, 1.54) is 18.4 Å². The fourth-order valence-electron chi connectivity index (χ4n) is 2.97. The Morgan fingerprint density at radius 3 is 2.37 bits per heavy atom. The molecule has 1 aromatic rings. The third-order valence-corrected chi connectivity index (χ3v) is 4.31. The molecule has 0 bridgehead atoms. The van der Waals surface area contributed by atoms with Crippen LogP contribution in [0.5, 0.6) is 0 Å². The lowest BCUT2D eigenvalue weighted by atomic mass is 9.82. The van der Waals surface area contributed by atoms with Gasteiger partial charge in [0.25, 0.3) is 0 Å². The van der Waals surface area contributed by atoms with E-state index in [0.29, 0.717) is 0 Å². The lowest BCUT2D eigenvalue weighted by molar-refractivity contribution is -0.125. The van der Waals surface area contributed by atoms with Crippen LogP contribution in [0.1, 0.15) is 44.6 Å². The van der Waals surface area contributed by atoms with Crippen molar-refractivity contribution in [3.8, 4) is 0 Å². The minimum atomic E-state index is -0.121. The largest absolute Gasteiger partial charge is 0.326 e. The van der Waals surface area contributed by atoms with E-state index in [-0.39, 0.29) is 11.3 Å². The fraction of sp³-hybridized carbons (Fsp3) is 0.562. The molecule has 2 N–H and O–H groups in total. The predicted molar refractivity (Wildman–Crippen MR) is 79.0 cm³/mol. The molecule has 2 rings (SSSR count). The Morgan fingerprint density at radius 1 is 1.21 bits per heavy atom. The van der Waals surface area contributed by atoms with Gasteiger partial charge in [-0.25, -0.2) is 0 Å². The molecule has 0 aliphatic heterocycles. The highest BCUT2D eigenvalue weighted by atomic mass is 16.2. The van der Waals surface area contributed by atoms with Gasteiger partial charge in [-0.3, -0.25) is 4.79 Å². The molecule has 0 atom stereocenters. The molecular weight excluding hydrogens is 236 g/mol. The number of hydrogen-bond donors (Lipinski definition) is 2. The van der Waals surface area contributed by atoms with Gasteiger partial charge < -0.3 is 10.6 Å². The van der Waals surface area contributed by atoms with Crippen molar-refractivity contribution in [2.75, 3.05) is 12.4 Å². The molecule has 1 aliphatic rings. The third-order valence-electron chi connectivity index (χ3n) is 4.31. The van der Waals surface area contributed by atoms with Gasteiger partial charge in [-0.05, 0) is 44.0 Å². The Hall–Kier alpha value is -1.35. The highest BCUT2D eigenvalue weighted by molar-refractivity contribution is 5.95. The summed E-state index contributed by atoms with van der Waals surface area (Å²) >= 11 is 0. The van der Waals surface area contributed by atoms with Crippen LogP contribution in [-0.4, -0.2) is 13.0 Å². The summed E-state index contributed by atoms with van der Waals surface area (Å²) in [5.41, 5.74) is 2.01. The normalized spacial score (nSPS) is 17.4. The maximum absolute atomic E-state index is 12.5. The van der Waals surface area contributed by atoms with Crippen molar-refractivity contribution < 1.29 is 4.79 Å². The summed E-state index contributed by atoms with van der Waals surface area (Å²) in [5, 5.41) is 6.20. The molecule has 1 aliphatic carbocycles. The Labute approximate surface area is 115 Å². The Balaban J connectivity index is 2.02. The standard InChI is InChI=1S/C16H24N2O/c1-3-16(10-4-5-11-16)15(19)18-14-8-6-13(7-9-14)12-17-2/h6-9,17H,3-5,10-12H2,1-2H3,(H,18,19). The lowest BCUT2D eigenvalue weighted by Crippen LogP contribution is -2.33. The summed E-state index contributed by atoms with van der Waals surface area (Å²) in [6.45, 7) is 2.98. The molecule has 1 amide bonds. The second-order valence-electron chi connectivity index (χ2n) is 5.52. The van der Waals surface area contributed by atoms with Crippen LogP contribution in [0.3, 0.4) is 0 Å². The number of carbonyl (C=O) groups excluding carboxylic acids is 1. The topological polar surface area (TPSA) is 41.1 Å². The van der Waals surface area contributed by atoms with Gasteiger partial charge >= 0.3 is 0 Å². The summed E-state index contributed by atoms with van der Waals surface area (Å²) < 4.78 is 0. The van der Waals surface area contributed by atoms with Gasteiger partial charge in [-0.1, -0.05) is 31.9 Å². The first kappa shape index (κ1) is 14.1. The zero-order chi connectivity index (χ0) is 13.7. The lowest BCUT2D eigenvalue weighted by Gasteiger charge is -2.26. The molecule has 3 heteroatoms. The maximum Gasteiger partial charge on any atom is 0.230 e. The number of nitrogens with one attached hydrogen (secondary N) is 2. The average molecular weight is 260 g/mol. The molecule has 0 unspecified atom stereocenters. The smallest absolute Gasteiger partial charge is 0.230 e. The van der Waals surface area contributed by atoms with E-state index in [4.69, 9.17) is 0 Å². The van der Waals surface area contributed by atoms with Crippen LogP contribution in [0.25, 0.3) is 0 Å². The molecule has 0 aromatic heterocycles. The first-order chi connectivity index (χ1) is 9.20. The Bertz CT molecular complexity index is 419. The molecule has 104 valence electrons. The van der Waals surface area contributed by atoms with Gasteiger partial charge in [0.05, 0.1) is 0 Å². The summed E-state index contributed by atoms with van der Waals surface area (Å²) in [7, 11) is 1.93. The van der Waals surface area contributed by atoms with Gasteiger partial charge in [0.2, 0.25) is 5.91 Å². The zero-order valence-electron chi connectivity index (χ0n) is 12.0. The Kier molecular flexibility index (Phi) is 4.59. The predicted octanol–water partition coefficient (Wildman–Crippen LogP) is 3.31. The van der Waals surface area contributed by atoms with Gasteiger partial charge in [0.15, 0.2) is 0 Å². The average Bonchev–Trinajstić information content (AvgIpc) is 2.91. The first-order valence-corrected chi connectivity index (χ1v) is 7.25. The van der Waals surface area contributed by atoms with E-state index in [2.05, 4.69) is 29.7 Å². The van der Waals surface area contributed by atoms with E-state index in [1.807, 2.05) is 19.2 Å². The highest BCUT2D eigenvalue weighted by Crippen LogP contribution is 2.41. The number of benzene rings is 1. The molecule has 3 nitrogen and oxygen atoms in total. The number of amides is 1. The van der Waals surface area contributed by atoms with Crippen molar-refractivity contribution in [1.82, 2.24) is 5.32 Å². The number of anilines is 1. The summed E-state index contributed by atoms with van der Waals surface area (Å²) in [6.07, 6.45) is 5.38. The summed E-state index contributed by atoms with van der Waals surface area (Å²) in [4.78, 5) is 12.5. The van der Waals surface area contributed by atoms with Gasteiger partial charge in [0.1, 0.15) is 0 Å². The van der Waals surface area contributed by atoms with Gasteiger partial charge in [0, 0.05) is 17.6 Å². The SMILES string of the molecule is CCC1(C(=O)Nc2ccc(CNC)cc2)CCCC1. The van der Waals surface area contributed by atoms with E-state index in [1.54, 1.807) is 0 Å². The molecule has 1 saturated carbocycles. The van der Waals surface area contributed by atoms with Crippen LogP contribution >= 0.6 is 0 Å². The van der Waals surface area contributed by atoms with Crippen LogP contribution in [0.15, 0.2) is 24.3 Å². The molecule has 1 fully saturated rings. The molecule has 19 heavy (non-hydrogen) atoms. The minimum Gasteiger partial charge on any atom is -0.326 e. The number of carbonyl (C=O) groups is 1. The van der Waals surface area contributed by atoms with Crippen molar-refractivity contribution in [2.45, 2.75) is 45.6 Å². The van der Waals surface area contributed by atoms with Crippen molar-refractivity contribution in [3.05, 3.63) is 29.8 Å².